The SMILES string of the molecule is O=S(=O)(NCC1(O)CCCCC1)c1ccc2c(c1)CCC2. The first kappa shape index (κ1) is 15.0. The summed E-state index contributed by atoms with van der Waals surface area (Å²) in [4.78, 5) is 0.322. The van der Waals surface area contributed by atoms with E-state index in [4.69, 9.17) is 0 Å². The number of hydrogen-bond acceptors (Lipinski definition) is 3. The van der Waals surface area contributed by atoms with Gasteiger partial charge >= 0.3 is 0 Å². The minimum atomic E-state index is -3.53. The summed E-state index contributed by atoms with van der Waals surface area (Å²) in [5.41, 5.74) is 1.54. The summed E-state index contributed by atoms with van der Waals surface area (Å²) in [5.74, 6) is 0. The number of nitrogens with one attached hydrogen (secondary N) is 1. The number of benzene rings is 1. The van der Waals surface area contributed by atoms with Crippen molar-refractivity contribution in [3.63, 3.8) is 0 Å². The van der Waals surface area contributed by atoms with Gasteiger partial charge in [-0.3, -0.25) is 0 Å². The maximum atomic E-state index is 12.4. The Morgan fingerprint density at radius 3 is 2.52 bits per heavy atom. The number of rotatable bonds is 4. The van der Waals surface area contributed by atoms with Gasteiger partial charge in [-0.05, 0) is 55.4 Å². The summed E-state index contributed by atoms with van der Waals surface area (Å²) >= 11 is 0. The molecule has 0 radical (unpaired) electrons. The standard InChI is InChI=1S/C16H23NO3S/c18-16(9-2-1-3-10-16)12-17-21(19,20)15-8-7-13-5-4-6-14(13)11-15/h7-8,11,17-18H,1-6,9-10,12H2. The summed E-state index contributed by atoms with van der Waals surface area (Å²) < 4.78 is 27.4. The third kappa shape index (κ3) is 3.30. The highest BCUT2D eigenvalue weighted by Crippen LogP contribution is 2.28. The zero-order chi connectivity index (χ0) is 14.9. The van der Waals surface area contributed by atoms with E-state index < -0.39 is 15.6 Å². The van der Waals surface area contributed by atoms with Crippen molar-refractivity contribution in [2.45, 2.75) is 61.9 Å². The Labute approximate surface area is 126 Å². The lowest BCUT2D eigenvalue weighted by Crippen LogP contribution is -2.44. The highest BCUT2D eigenvalue weighted by Gasteiger charge is 2.31. The summed E-state index contributed by atoms with van der Waals surface area (Å²) in [7, 11) is -3.53. The maximum Gasteiger partial charge on any atom is 0.240 e. The van der Waals surface area contributed by atoms with Crippen molar-refractivity contribution in [3.8, 4) is 0 Å². The summed E-state index contributed by atoms with van der Waals surface area (Å²) in [6.45, 7) is 0.117. The van der Waals surface area contributed by atoms with Crippen molar-refractivity contribution in [2.24, 2.45) is 0 Å². The van der Waals surface area contributed by atoms with Crippen LogP contribution in [0.5, 0.6) is 0 Å². The molecule has 2 aliphatic rings. The molecule has 0 unspecified atom stereocenters. The number of hydrogen-bond donors (Lipinski definition) is 2. The molecule has 2 N–H and O–H groups in total. The predicted molar refractivity (Wildman–Crippen MR) is 81.7 cm³/mol. The molecule has 116 valence electrons. The van der Waals surface area contributed by atoms with Crippen molar-refractivity contribution >= 4 is 10.0 Å². The highest BCUT2D eigenvalue weighted by molar-refractivity contribution is 7.89. The monoisotopic (exact) mass is 309 g/mol. The molecule has 0 saturated heterocycles. The lowest BCUT2D eigenvalue weighted by Gasteiger charge is -2.32. The van der Waals surface area contributed by atoms with Gasteiger partial charge in [0.1, 0.15) is 0 Å². The van der Waals surface area contributed by atoms with Crippen molar-refractivity contribution in [1.29, 1.82) is 0 Å². The molecule has 0 aliphatic heterocycles. The van der Waals surface area contributed by atoms with Gasteiger partial charge in [-0.25, -0.2) is 13.1 Å². The Kier molecular flexibility index (Phi) is 4.08. The molecule has 0 bridgehead atoms. The van der Waals surface area contributed by atoms with E-state index in [0.29, 0.717) is 17.7 Å². The summed E-state index contributed by atoms with van der Waals surface area (Å²) in [6.07, 6.45) is 7.53. The normalized spacial score (nSPS) is 21.2. The Hall–Kier alpha value is -0.910. The zero-order valence-corrected chi connectivity index (χ0v) is 13.1. The Bertz CT molecular complexity index is 618. The van der Waals surface area contributed by atoms with E-state index in [1.807, 2.05) is 6.07 Å². The van der Waals surface area contributed by atoms with Gasteiger partial charge in [0, 0.05) is 6.54 Å². The van der Waals surface area contributed by atoms with E-state index in [1.165, 1.54) is 5.56 Å². The van der Waals surface area contributed by atoms with Crippen LogP contribution in [0.15, 0.2) is 23.1 Å². The number of sulfonamides is 1. The molecule has 0 atom stereocenters. The van der Waals surface area contributed by atoms with Gasteiger partial charge in [-0.2, -0.15) is 0 Å². The van der Waals surface area contributed by atoms with Crippen molar-refractivity contribution in [2.75, 3.05) is 6.54 Å². The van der Waals surface area contributed by atoms with E-state index in [1.54, 1.807) is 12.1 Å². The van der Waals surface area contributed by atoms with Crippen LogP contribution in [0.2, 0.25) is 0 Å². The van der Waals surface area contributed by atoms with E-state index in [0.717, 1.165) is 44.1 Å². The third-order valence-electron chi connectivity index (χ3n) is 4.76. The van der Waals surface area contributed by atoms with Gasteiger partial charge in [0.2, 0.25) is 10.0 Å². The van der Waals surface area contributed by atoms with Gasteiger partial charge < -0.3 is 5.11 Å². The van der Waals surface area contributed by atoms with Crippen molar-refractivity contribution in [1.82, 2.24) is 4.72 Å². The summed E-state index contributed by atoms with van der Waals surface area (Å²) in [6, 6.07) is 5.39. The molecule has 4 nitrogen and oxygen atoms in total. The minimum absolute atomic E-state index is 0.117. The molecule has 21 heavy (non-hydrogen) atoms. The van der Waals surface area contributed by atoms with Gasteiger partial charge in [0.05, 0.1) is 10.5 Å². The molecule has 0 amide bonds. The average molecular weight is 309 g/mol. The number of aliphatic hydroxyl groups is 1. The van der Waals surface area contributed by atoms with Gasteiger partial charge in [-0.15, -0.1) is 0 Å². The van der Waals surface area contributed by atoms with E-state index in [-0.39, 0.29) is 6.54 Å². The van der Waals surface area contributed by atoms with Gasteiger partial charge in [0.15, 0.2) is 0 Å². The molecule has 5 heteroatoms. The van der Waals surface area contributed by atoms with E-state index >= 15 is 0 Å². The molecule has 1 aromatic carbocycles. The molecule has 1 aromatic rings. The molecular weight excluding hydrogens is 286 g/mol. The second-order valence-electron chi connectivity index (χ2n) is 6.39. The van der Waals surface area contributed by atoms with Crippen LogP contribution in [0.1, 0.15) is 49.7 Å². The van der Waals surface area contributed by atoms with Crippen LogP contribution >= 0.6 is 0 Å². The Morgan fingerprint density at radius 1 is 1.05 bits per heavy atom. The zero-order valence-electron chi connectivity index (χ0n) is 12.3. The van der Waals surface area contributed by atoms with Crippen LogP contribution in [0.4, 0.5) is 0 Å². The molecule has 0 heterocycles. The second kappa shape index (κ2) is 5.71. The number of aryl methyl sites for hydroxylation is 2. The molecule has 1 saturated carbocycles. The largest absolute Gasteiger partial charge is 0.389 e. The first-order valence-electron chi connectivity index (χ1n) is 7.82. The molecular formula is C16H23NO3S. The Balaban J connectivity index is 1.72. The van der Waals surface area contributed by atoms with Crippen LogP contribution < -0.4 is 4.72 Å². The molecule has 0 aromatic heterocycles. The Morgan fingerprint density at radius 2 is 1.76 bits per heavy atom. The number of fused-ring (bicyclic) bond motifs is 1. The summed E-state index contributed by atoms with van der Waals surface area (Å²) in [5, 5.41) is 10.4. The fraction of sp³-hybridized carbons (Fsp3) is 0.625. The predicted octanol–water partition coefficient (Wildman–Crippen LogP) is 2.15. The molecule has 0 spiro atoms. The lowest BCUT2D eigenvalue weighted by atomic mass is 9.85. The fourth-order valence-electron chi connectivity index (χ4n) is 3.41. The topological polar surface area (TPSA) is 66.4 Å². The van der Waals surface area contributed by atoms with Gasteiger partial charge in [0.25, 0.3) is 0 Å². The average Bonchev–Trinajstić information content (AvgIpc) is 2.94. The van der Waals surface area contributed by atoms with Crippen molar-refractivity contribution < 1.29 is 13.5 Å². The van der Waals surface area contributed by atoms with Gasteiger partial charge in [-0.1, -0.05) is 25.3 Å². The first-order chi connectivity index (χ1) is 9.99. The smallest absolute Gasteiger partial charge is 0.240 e. The van der Waals surface area contributed by atoms with Crippen LogP contribution in [-0.2, 0) is 22.9 Å². The third-order valence-corrected chi connectivity index (χ3v) is 6.15. The van der Waals surface area contributed by atoms with Crippen LogP contribution in [0.25, 0.3) is 0 Å². The van der Waals surface area contributed by atoms with E-state index in [2.05, 4.69) is 4.72 Å². The lowest BCUT2D eigenvalue weighted by molar-refractivity contribution is 0.00945. The quantitative estimate of drug-likeness (QED) is 0.895. The fourth-order valence-corrected chi connectivity index (χ4v) is 4.58. The molecule has 1 fully saturated rings. The van der Waals surface area contributed by atoms with E-state index in [9.17, 15) is 13.5 Å². The van der Waals surface area contributed by atoms with Crippen LogP contribution in [0.3, 0.4) is 0 Å². The highest BCUT2D eigenvalue weighted by atomic mass is 32.2. The first-order valence-corrected chi connectivity index (χ1v) is 9.31. The van der Waals surface area contributed by atoms with Crippen LogP contribution in [-0.4, -0.2) is 25.7 Å². The maximum absolute atomic E-state index is 12.4. The van der Waals surface area contributed by atoms with Crippen molar-refractivity contribution in [3.05, 3.63) is 29.3 Å². The van der Waals surface area contributed by atoms with Crippen LogP contribution in [0, 0.1) is 0 Å². The molecule has 3 rings (SSSR count). The molecule has 2 aliphatic carbocycles. The minimum Gasteiger partial charge on any atom is -0.389 e. The second-order valence-corrected chi connectivity index (χ2v) is 8.16.